The van der Waals surface area contributed by atoms with Gasteiger partial charge >= 0.3 is 0 Å². The summed E-state index contributed by atoms with van der Waals surface area (Å²) in [5, 5.41) is 3.24. The number of carbonyl (C=O) groups is 1. The van der Waals surface area contributed by atoms with Crippen molar-refractivity contribution in [2.24, 2.45) is 0 Å². The highest BCUT2D eigenvalue weighted by Gasteiger charge is 2.18. The summed E-state index contributed by atoms with van der Waals surface area (Å²) in [6.07, 6.45) is 1.68. The van der Waals surface area contributed by atoms with Crippen molar-refractivity contribution in [2.75, 3.05) is 29.5 Å². The van der Waals surface area contributed by atoms with Crippen molar-refractivity contribution in [3.63, 3.8) is 0 Å². The second-order valence-electron chi connectivity index (χ2n) is 6.22. The van der Waals surface area contributed by atoms with Crippen molar-refractivity contribution in [2.45, 2.75) is 19.4 Å². The van der Waals surface area contributed by atoms with Gasteiger partial charge in [0.15, 0.2) is 0 Å². The first-order chi connectivity index (χ1) is 13.2. The molecule has 152 valence electrons. The summed E-state index contributed by atoms with van der Waals surface area (Å²) in [6.45, 7) is 0.636. The second kappa shape index (κ2) is 10.2. The van der Waals surface area contributed by atoms with Crippen LogP contribution in [0.15, 0.2) is 46.9 Å². The molecular formula is C19H22BrClN2O4S. The van der Waals surface area contributed by atoms with Crippen molar-refractivity contribution in [1.82, 2.24) is 0 Å². The molecule has 0 aliphatic heterocycles. The average molecular weight is 490 g/mol. The first kappa shape index (κ1) is 22.7. The van der Waals surface area contributed by atoms with Gasteiger partial charge in [-0.1, -0.05) is 23.7 Å². The molecule has 0 fully saturated rings. The van der Waals surface area contributed by atoms with Crippen molar-refractivity contribution < 1.29 is 17.9 Å². The second-order valence-corrected chi connectivity index (χ2v) is 9.39. The Morgan fingerprint density at radius 2 is 2.00 bits per heavy atom. The summed E-state index contributed by atoms with van der Waals surface area (Å²) in [6, 6.07) is 12.3. The first-order valence-corrected chi connectivity index (χ1v) is 11.5. The Labute approximate surface area is 179 Å². The molecule has 1 N–H and O–H groups in total. The zero-order valence-corrected chi connectivity index (χ0v) is 18.8. The van der Waals surface area contributed by atoms with Gasteiger partial charge in [-0.15, -0.1) is 0 Å². The van der Waals surface area contributed by atoms with Gasteiger partial charge in [-0.05, 0) is 58.2 Å². The normalized spacial score (nSPS) is 11.3. The minimum absolute atomic E-state index is 0.175. The Hall–Kier alpha value is -1.61. The lowest BCUT2D eigenvalue weighted by Gasteiger charge is -2.22. The van der Waals surface area contributed by atoms with Gasteiger partial charge in [0.05, 0.1) is 23.6 Å². The molecular weight excluding hydrogens is 468 g/mol. The fraction of sp³-hybridized carbons (Fsp3) is 0.316. The van der Waals surface area contributed by atoms with Crippen LogP contribution in [0.1, 0.15) is 18.4 Å². The van der Waals surface area contributed by atoms with Crippen LogP contribution in [0.3, 0.4) is 0 Å². The van der Waals surface area contributed by atoms with Crippen LogP contribution in [0.2, 0.25) is 5.02 Å². The summed E-state index contributed by atoms with van der Waals surface area (Å²) in [5.74, 6) is -0.183. The lowest BCUT2D eigenvalue weighted by Crippen LogP contribution is -2.31. The van der Waals surface area contributed by atoms with E-state index >= 15 is 0 Å². The third-order valence-electron chi connectivity index (χ3n) is 3.88. The molecule has 0 aliphatic rings. The van der Waals surface area contributed by atoms with Gasteiger partial charge in [0.25, 0.3) is 0 Å². The van der Waals surface area contributed by atoms with Crippen molar-refractivity contribution in [3.8, 4) is 0 Å². The van der Waals surface area contributed by atoms with E-state index in [-0.39, 0.29) is 18.9 Å². The number of methoxy groups -OCH3 is 1. The molecule has 0 unspecified atom stereocenters. The zero-order valence-electron chi connectivity index (χ0n) is 15.6. The molecule has 0 aliphatic carbocycles. The number of hydrogen-bond acceptors (Lipinski definition) is 4. The standard InChI is InChI=1S/C19H22BrClN2O4S/c1-27-13-14-5-3-6-15(11-14)22-19(24)7-4-10-23(28(2,25)26)16-8-9-17(20)18(21)12-16/h3,5-6,8-9,11-12H,4,7,10,13H2,1-2H3,(H,22,24). The van der Waals surface area contributed by atoms with Crippen LogP contribution in [0, 0.1) is 0 Å². The van der Waals surface area contributed by atoms with Crippen molar-refractivity contribution in [1.29, 1.82) is 0 Å². The highest BCUT2D eigenvalue weighted by Crippen LogP contribution is 2.29. The minimum Gasteiger partial charge on any atom is -0.380 e. The minimum atomic E-state index is -3.50. The summed E-state index contributed by atoms with van der Waals surface area (Å²) in [5.41, 5.74) is 2.10. The van der Waals surface area contributed by atoms with E-state index in [1.54, 1.807) is 31.4 Å². The van der Waals surface area contributed by atoms with Crippen molar-refractivity contribution in [3.05, 3.63) is 57.5 Å². The Bertz CT molecular complexity index is 937. The quantitative estimate of drug-likeness (QED) is 0.565. The van der Waals surface area contributed by atoms with Gasteiger partial charge in [-0.2, -0.15) is 0 Å². The summed E-state index contributed by atoms with van der Waals surface area (Å²) in [4.78, 5) is 12.2. The number of hydrogen-bond donors (Lipinski definition) is 1. The number of halogens is 2. The first-order valence-electron chi connectivity index (χ1n) is 8.51. The summed E-state index contributed by atoms with van der Waals surface area (Å²) < 4.78 is 31.3. The maximum absolute atomic E-state index is 12.2. The predicted octanol–water partition coefficient (Wildman–Crippen LogP) is 4.43. The van der Waals surface area contributed by atoms with Crippen LogP contribution in [0.5, 0.6) is 0 Å². The summed E-state index contributed by atoms with van der Waals surface area (Å²) in [7, 11) is -1.89. The fourth-order valence-electron chi connectivity index (χ4n) is 2.64. The number of ether oxygens (including phenoxy) is 1. The van der Waals surface area contributed by atoms with E-state index in [4.69, 9.17) is 16.3 Å². The number of amides is 1. The molecule has 2 aromatic rings. The number of sulfonamides is 1. The SMILES string of the molecule is COCc1cccc(NC(=O)CCCN(c2ccc(Br)c(Cl)c2)S(C)(=O)=O)c1. The molecule has 0 heterocycles. The third kappa shape index (κ3) is 6.77. The van der Waals surface area contributed by atoms with Gasteiger partial charge in [0, 0.05) is 30.2 Å². The average Bonchev–Trinajstić information content (AvgIpc) is 2.61. The molecule has 0 spiro atoms. The highest BCUT2D eigenvalue weighted by atomic mass is 79.9. The molecule has 0 bridgehead atoms. The maximum atomic E-state index is 12.2. The number of benzene rings is 2. The topological polar surface area (TPSA) is 75.7 Å². The van der Waals surface area contributed by atoms with E-state index < -0.39 is 10.0 Å². The fourth-order valence-corrected chi connectivity index (χ4v) is 4.02. The van der Waals surface area contributed by atoms with E-state index in [0.717, 1.165) is 11.8 Å². The molecule has 28 heavy (non-hydrogen) atoms. The number of rotatable bonds is 9. The van der Waals surface area contributed by atoms with Crippen LogP contribution < -0.4 is 9.62 Å². The number of carbonyl (C=O) groups excluding carboxylic acids is 1. The van der Waals surface area contributed by atoms with E-state index in [9.17, 15) is 13.2 Å². The molecule has 0 saturated heterocycles. The van der Waals surface area contributed by atoms with Gasteiger partial charge < -0.3 is 10.1 Å². The molecule has 0 atom stereocenters. The lowest BCUT2D eigenvalue weighted by atomic mass is 10.2. The van der Waals surface area contributed by atoms with Crippen LogP contribution >= 0.6 is 27.5 Å². The Morgan fingerprint density at radius 1 is 1.25 bits per heavy atom. The molecule has 2 rings (SSSR count). The molecule has 0 saturated carbocycles. The van der Waals surface area contributed by atoms with Crippen LogP contribution in [0.4, 0.5) is 11.4 Å². The Morgan fingerprint density at radius 3 is 2.64 bits per heavy atom. The third-order valence-corrected chi connectivity index (χ3v) is 6.30. The zero-order chi connectivity index (χ0) is 20.7. The number of nitrogens with zero attached hydrogens (tertiary/aromatic N) is 1. The van der Waals surface area contributed by atoms with E-state index in [2.05, 4.69) is 21.2 Å². The molecule has 1 amide bonds. The molecule has 6 nitrogen and oxygen atoms in total. The van der Waals surface area contributed by atoms with Gasteiger partial charge in [0.1, 0.15) is 0 Å². The smallest absolute Gasteiger partial charge is 0.232 e. The maximum Gasteiger partial charge on any atom is 0.232 e. The van der Waals surface area contributed by atoms with Crippen LogP contribution in [-0.4, -0.2) is 34.2 Å². The largest absolute Gasteiger partial charge is 0.380 e. The van der Waals surface area contributed by atoms with E-state index in [1.807, 2.05) is 18.2 Å². The van der Waals surface area contributed by atoms with Gasteiger partial charge in [-0.25, -0.2) is 8.42 Å². The Kier molecular flexibility index (Phi) is 8.30. The predicted molar refractivity (Wildman–Crippen MR) is 116 cm³/mol. The molecule has 0 aromatic heterocycles. The van der Waals surface area contributed by atoms with Gasteiger partial charge in [0.2, 0.25) is 15.9 Å². The monoisotopic (exact) mass is 488 g/mol. The van der Waals surface area contributed by atoms with Crippen LogP contribution in [0.25, 0.3) is 0 Å². The van der Waals surface area contributed by atoms with E-state index in [1.165, 1.54) is 4.31 Å². The number of anilines is 2. The van der Waals surface area contributed by atoms with Crippen LogP contribution in [-0.2, 0) is 26.2 Å². The molecule has 2 aromatic carbocycles. The van der Waals surface area contributed by atoms with Crippen molar-refractivity contribution >= 4 is 54.8 Å². The van der Waals surface area contributed by atoms with E-state index in [0.29, 0.717) is 33.9 Å². The number of nitrogens with one attached hydrogen (secondary N) is 1. The molecule has 9 heteroatoms. The molecule has 0 radical (unpaired) electrons. The summed E-state index contributed by atoms with van der Waals surface area (Å²) >= 11 is 9.36. The Balaban J connectivity index is 1.97. The lowest BCUT2D eigenvalue weighted by molar-refractivity contribution is -0.116. The van der Waals surface area contributed by atoms with Gasteiger partial charge in [-0.3, -0.25) is 9.10 Å². The highest BCUT2D eigenvalue weighted by molar-refractivity contribution is 9.10.